The predicted octanol–water partition coefficient (Wildman–Crippen LogP) is 4.20. The van der Waals surface area contributed by atoms with Crippen LogP contribution in [0.15, 0.2) is 72.8 Å². The molecule has 1 aliphatic heterocycles. The molecule has 0 radical (unpaired) electrons. The summed E-state index contributed by atoms with van der Waals surface area (Å²) in [5, 5.41) is 16.9. The van der Waals surface area contributed by atoms with Crippen molar-refractivity contribution >= 4 is 5.91 Å². The van der Waals surface area contributed by atoms with Crippen LogP contribution in [0.2, 0.25) is 0 Å². The van der Waals surface area contributed by atoms with Crippen LogP contribution in [0, 0.1) is 5.82 Å². The lowest BCUT2D eigenvalue weighted by molar-refractivity contribution is 0.0890. The van der Waals surface area contributed by atoms with Crippen LogP contribution in [-0.4, -0.2) is 37.3 Å². The van der Waals surface area contributed by atoms with Gasteiger partial charge in [0.2, 0.25) is 0 Å². The molecular weight excluding hydrogens is 419 g/mol. The SMILES string of the molecule is COc1cccc(O)c1C(=O)NC(Cc1ccccc1)C1(c2ccccc2F)CCNCC1. The van der Waals surface area contributed by atoms with Gasteiger partial charge in [0.25, 0.3) is 5.91 Å². The fraction of sp³-hybridized carbons (Fsp3) is 0.296. The number of hydrogen-bond donors (Lipinski definition) is 3. The number of carbonyl (C=O) groups excluding carboxylic acids is 1. The van der Waals surface area contributed by atoms with Crippen LogP contribution in [0.4, 0.5) is 4.39 Å². The summed E-state index contributed by atoms with van der Waals surface area (Å²) in [4.78, 5) is 13.5. The standard InChI is InChI=1S/C27H29FN2O3/c1-33-23-13-7-12-22(31)25(23)26(32)30-24(18-19-8-3-2-4-9-19)27(14-16-29-17-15-27)20-10-5-6-11-21(20)28/h2-13,24,29,31H,14-18H2,1H3,(H,30,32). The zero-order valence-electron chi connectivity index (χ0n) is 18.7. The van der Waals surface area contributed by atoms with Crippen molar-refractivity contribution in [1.82, 2.24) is 10.6 Å². The maximum Gasteiger partial charge on any atom is 0.259 e. The molecule has 3 aromatic rings. The van der Waals surface area contributed by atoms with Gasteiger partial charge in [-0.2, -0.15) is 0 Å². The first kappa shape index (κ1) is 22.8. The third-order valence-corrected chi connectivity index (χ3v) is 6.61. The zero-order valence-corrected chi connectivity index (χ0v) is 18.7. The van der Waals surface area contributed by atoms with Crippen molar-refractivity contribution in [3.8, 4) is 11.5 Å². The van der Waals surface area contributed by atoms with Crippen molar-refractivity contribution in [1.29, 1.82) is 0 Å². The molecule has 1 amide bonds. The number of rotatable bonds is 7. The number of phenolic OH excluding ortho intramolecular Hbond substituents is 1. The molecule has 3 aromatic carbocycles. The Balaban J connectivity index is 1.79. The van der Waals surface area contributed by atoms with Gasteiger partial charge >= 0.3 is 0 Å². The number of methoxy groups -OCH3 is 1. The summed E-state index contributed by atoms with van der Waals surface area (Å²) in [6.45, 7) is 1.44. The van der Waals surface area contributed by atoms with Crippen molar-refractivity contribution in [2.24, 2.45) is 0 Å². The average molecular weight is 449 g/mol. The number of piperidine rings is 1. The molecule has 1 fully saturated rings. The van der Waals surface area contributed by atoms with Crippen LogP contribution >= 0.6 is 0 Å². The zero-order chi connectivity index (χ0) is 23.3. The van der Waals surface area contributed by atoms with E-state index in [9.17, 15) is 9.90 Å². The normalized spacial score (nSPS) is 16.1. The van der Waals surface area contributed by atoms with E-state index < -0.39 is 17.4 Å². The molecule has 5 nitrogen and oxygen atoms in total. The molecule has 0 spiro atoms. The van der Waals surface area contributed by atoms with Gasteiger partial charge in [-0.05, 0) is 61.7 Å². The number of nitrogens with one attached hydrogen (secondary N) is 2. The molecule has 0 aliphatic carbocycles. The van der Waals surface area contributed by atoms with E-state index in [1.807, 2.05) is 42.5 Å². The fourth-order valence-electron chi connectivity index (χ4n) is 4.93. The molecule has 3 N–H and O–H groups in total. The van der Waals surface area contributed by atoms with Gasteiger partial charge in [-0.3, -0.25) is 4.79 Å². The van der Waals surface area contributed by atoms with Crippen molar-refractivity contribution in [3.63, 3.8) is 0 Å². The highest BCUT2D eigenvalue weighted by Crippen LogP contribution is 2.40. The van der Waals surface area contributed by atoms with Gasteiger partial charge < -0.3 is 20.5 Å². The largest absolute Gasteiger partial charge is 0.507 e. The van der Waals surface area contributed by atoms with Crippen LogP contribution < -0.4 is 15.4 Å². The van der Waals surface area contributed by atoms with E-state index in [-0.39, 0.29) is 22.9 Å². The highest BCUT2D eigenvalue weighted by atomic mass is 19.1. The Kier molecular flexibility index (Phi) is 6.94. The van der Waals surface area contributed by atoms with Crippen LogP contribution in [0.25, 0.3) is 0 Å². The molecule has 6 heteroatoms. The first-order chi connectivity index (χ1) is 16.0. The monoisotopic (exact) mass is 448 g/mol. The Morgan fingerprint density at radius 1 is 1.06 bits per heavy atom. The third-order valence-electron chi connectivity index (χ3n) is 6.61. The molecule has 0 saturated carbocycles. The second kappa shape index (κ2) is 10.0. The van der Waals surface area contributed by atoms with Gasteiger partial charge in [0, 0.05) is 11.5 Å². The molecular formula is C27H29FN2O3. The summed E-state index contributed by atoms with van der Waals surface area (Å²) in [7, 11) is 1.46. The van der Waals surface area contributed by atoms with E-state index in [0.717, 1.165) is 18.7 Å². The number of aromatic hydroxyl groups is 1. The van der Waals surface area contributed by atoms with Crippen LogP contribution in [0.1, 0.15) is 34.3 Å². The van der Waals surface area contributed by atoms with E-state index in [1.54, 1.807) is 18.2 Å². The molecule has 1 atom stereocenters. The van der Waals surface area contributed by atoms with Crippen LogP contribution in [-0.2, 0) is 11.8 Å². The minimum Gasteiger partial charge on any atom is -0.507 e. The lowest BCUT2D eigenvalue weighted by Gasteiger charge is -2.45. The summed E-state index contributed by atoms with van der Waals surface area (Å²) < 4.78 is 20.5. The summed E-state index contributed by atoms with van der Waals surface area (Å²) in [6.07, 6.45) is 1.87. The number of benzene rings is 3. The minimum atomic E-state index is -0.611. The molecule has 33 heavy (non-hydrogen) atoms. The van der Waals surface area contributed by atoms with Gasteiger partial charge in [0.15, 0.2) is 0 Å². The second-order valence-electron chi connectivity index (χ2n) is 8.46. The second-order valence-corrected chi connectivity index (χ2v) is 8.46. The smallest absolute Gasteiger partial charge is 0.259 e. The minimum absolute atomic E-state index is 0.0793. The van der Waals surface area contributed by atoms with Crippen molar-refractivity contribution in [2.45, 2.75) is 30.7 Å². The van der Waals surface area contributed by atoms with Gasteiger partial charge in [-0.1, -0.05) is 54.6 Å². The molecule has 172 valence electrons. The molecule has 1 saturated heterocycles. The first-order valence-corrected chi connectivity index (χ1v) is 11.2. The van der Waals surface area contributed by atoms with Gasteiger partial charge in [-0.25, -0.2) is 4.39 Å². The molecule has 1 aliphatic rings. The average Bonchev–Trinajstić information content (AvgIpc) is 2.84. The number of halogens is 1. The van der Waals surface area contributed by atoms with Crippen LogP contribution in [0.5, 0.6) is 11.5 Å². The van der Waals surface area contributed by atoms with Crippen LogP contribution in [0.3, 0.4) is 0 Å². The highest BCUT2D eigenvalue weighted by Gasteiger charge is 2.44. The van der Waals surface area contributed by atoms with E-state index in [2.05, 4.69) is 10.6 Å². The molecule has 1 heterocycles. The maximum absolute atomic E-state index is 15.2. The first-order valence-electron chi connectivity index (χ1n) is 11.2. The highest BCUT2D eigenvalue weighted by molar-refractivity contribution is 5.99. The maximum atomic E-state index is 15.2. The van der Waals surface area contributed by atoms with E-state index in [4.69, 9.17) is 4.74 Å². The van der Waals surface area contributed by atoms with E-state index in [1.165, 1.54) is 19.2 Å². The predicted molar refractivity (Wildman–Crippen MR) is 126 cm³/mol. The van der Waals surface area contributed by atoms with E-state index in [0.29, 0.717) is 24.8 Å². The summed E-state index contributed by atoms with van der Waals surface area (Å²) >= 11 is 0. The Bertz CT molecular complexity index is 1100. The molecule has 0 bridgehead atoms. The quantitative estimate of drug-likeness (QED) is 0.507. The number of amides is 1. The fourth-order valence-corrected chi connectivity index (χ4v) is 4.93. The third kappa shape index (κ3) is 4.71. The summed E-state index contributed by atoms with van der Waals surface area (Å²) in [5.41, 5.74) is 1.12. The Morgan fingerprint density at radius 2 is 1.76 bits per heavy atom. The molecule has 1 unspecified atom stereocenters. The lowest BCUT2D eigenvalue weighted by atomic mass is 9.66. The number of phenols is 1. The topological polar surface area (TPSA) is 70.6 Å². The summed E-state index contributed by atoms with van der Waals surface area (Å²) in [5.74, 6) is -0.584. The Labute approximate surface area is 193 Å². The number of ether oxygens (including phenoxy) is 1. The van der Waals surface area contributed by atoms with Gasteiger partial charge in [0.05, 0.1) is 7.11 Å². The number of carbonyl (C=O) groups is 1. The Hall–Kier alpha value is -3.38. The van der Waals surface area contributed by atoms with Gasteiger partial charge in [-0.15, -0.1) is 0 Å². The molecule has 0 aromatic heterocycles. The molecule has 4 rings (SSSR count). The lowest BCUT2D eigenvalue weighted by Crippen LogP contribution is -2.56. The number of hydrogen-bond acceptors (Lipinski definition) is 4. The summed E-state index contributed by atoms with van der Waals surface area (Å²) in [6, 6.07) is 21.0. The van der Waals surface area contributed by atoms with Crippen molar-refractivity contribution in [2.75, 3.05) is 20.2 Å². The van der Waals surface area contributed by atoms with Gasteiger partial charge in [0.1, 0.15) is 22.9 Å². The van der Waals surface area contributed by atoms with Crippen molar-refractivity contribution in [3.05, 3.63) is 95.3 Å². The Morgan fingerprint density at radius 3 is 2.45 bits per heavy atom. The van der Waals surface area contributed by atoms with E-state index >= 15 is 4.39 Å². The van der Waals surface area contributed by atoms with Crippen molar-refractivity contribution < 1.29 is 19.0 Å².